The summed E-state index contributed by atoms with van der Waals surface area (Å²) in [6.45, 7) is 18.2. The number of aliphatic hydroxyl groups excluding tert-OH is 2. The standard InChI is InChI=1S/C30H52O3/c1-19(10-9-14-26(2,3)33)20-11-16-30(8)25(20)21(31)18-23-28(6)15-13-24(32)27(4,5)22(28)12-17-29(23,30)7/h10,20-25,31-33H,9,11-18H2,1-8H3/b19-10-/t20-,21-,22+,23-,24+,25+,28+,29-,30-/m1/s1. The number of aliphatic hydroxyl groups is 3. The summed E-state index contributed by atoms with van der Waals surface area (Å²) in [6.07, 6.45) is 11.3. The molecule has 4 fully saturated rings. The molecule has 0 aromatic carbocycles. The third-order valence-electron chi connectivity index (χ3n) is 12.2. The lowest BCUT2D eigenvalue weighted by Crippen LogP contribution is -2.66. The molecule has 4 aliphatic carbocycles. The van der Waals surface area contributed by atoms with Gasteiger partial charge in [-0.1, -0.05) is 46.3 Å². The molecule has 0 unspecified atom stereocenters. The zero-order chi connectivity index (χ0) is 24.6. The van der Waals surface area contributed by atoms with Crippen molar-refractivity contribution in [2.45, 2.75) is 131 Å². The van der Waals surface area contributed by atoms with Crippen molar-refractivity contribution in [1.29, 1.82) is 0 Å². The smallest absolute Gasteiger partial charge is 0.0594 e. The second-order valence-electron chi connectivity index (χ2n) is 14.6. The molecule has 3 heteroatoms. The summed E-state index contributed by atoms with van der Waals surface area (Å²) in [5.74, 6) is 1.84. The second-order valence-corrected chi connectivity index (χ2v) is 14.6. The van der Waals surface area contributed by atoms with E-state index in [-0.39, 0.29) is 33.9 Å². The third kappa shape index (κ3) is 3.78. The topological polar surface area (TPSA) is 60.7 Å². The minimum absolute atomic E-state index is 0.0466. The van der Waals surface area contributed by atoms with Crippen LogP contribution in [-0.4, -0.2) is 33.1 Å². The van der Waals surface area contributed by atoms with Crippen LogP contribution in [0.5, 0.6) is 0 Å². The van der Waals surface area contributed by atoms with Crippen LogP contribution in [0.4, 0.5) is 0 Å². The van der Waals surface area contributed by atoms with Crippen LogP contribution in [-0.2, 0) is 0 Å². The normalized spacial score (nSPS) is 49.8. The molecular formula is C30H52O3. The minimum atomic E-state index is -0.624. The van der Waals surface area contributed by atoms with E-state index in [0.717, 1.165) is 32.1 Å². The fraction of sp³-hybridized carbons (Fsp3) is 0.933. The largest absolute Gasteiger partial charge is 0.393 e. The number of hydrogen-bond acceptors (Lipinski definition) is 3. The van der Waals surface area contributed by atoms with Gasteiger partial charge in [0.1, 0.15) is 0 Å². The van der Waals surface area contributed by atoms with Crippen molar-refractivity contribution in [1.82, 2.24) is 0 Å². The molecule has 0 aliphatic heterocycles. The first-order chi connectivity index (χ1) is 15.1. The van der Waals surface area contributed by atoms with E-state index in [1.807, 2.05) is 13.8 Å². The fourth-order valence-corrected chi connectivity index (χ4v) is 10.1. The predicted molar refractivity (Wildman–Crippen MR) is 136 cm³/mol. The molecule has 0 aromatic rings. The van der Waals surface area contributed by atoms with E-state index in [9.17, 15) is 15.3 Å². The highest BCUT2D eigenvalue weighted by Crippen LogP contribution is 2.75. The zero-order valence-corrected chi connectivity index (χ0v) is 22.7. The first-order valence-corrected chi connectivity index (χ1v) is 13.8. The maximum absolute atomic E-state index is 11.7. The molecule has 4 saturated carbocycles. The quantitative estimate of drug-likeness (QED) is 0.420. The monoisotopic (exact) mass is 460 g/mol. The Morgan fingerprint density at radius 1 is 0.909 bits per heavy atom. The summed E-state index contributed by atoms with van der Waals surface area (Å²) in [5.41, 5.74) is 1.34. The van der Waals surface area contributed by atoms with Crippen LogP contribution in [0.3, 0.4) is 0 Å². The van der Waals surface area contributed by atoms with Crippen molar-refractivity contribution in [3.05, 3.63) is 11.6 Å². The first kappa shape index (κ1) is 25.7. The Hall–Kier alpha value is -0.380. The van der Waals surface area contributed by atoms with Crippen LogP contribution in [0.2, 0.25) is 0 Å². The van der Waals surface area contributed by atoms with Crippen LogP contribution in [0, 0.1) is 45.3 Å². The van der Waals surface area contributed by atoms with E-state index < -0.39 is 5.60 Å². The van der Waals surface area contributed by atoms with Gasteiger partial charge in [0.25, 0.3) is 0 Å². The van der Waals surface area contributed by atoms with E-state index in [2.05, 4.69) is 47.6 Å². The highest BCUT2D eigenvalue weighted by atomic mass is 16.3. The molecule has 0 heterocycles. The third-order valence-corrected chi connectivity index (χ3v) is 12.2. The summed E-state index contributed by atoms with van der Waals surface area (Å²) in [4.78, 5) is 0. The Morgan fingerprint density at radius 2 is 1.55 bits per heavy atom. The van der Waals surface area contributed by atoms with E-state index >= 15 is 0 Å². The summed E-state index contributed by atoms with van der Waals surface area (Å²) in [6, 6.07) is 0. The summed E-state index contributed by atoms with van der Waals surface area (Å²) in [5, 5.41) is 32.7. The van der Waals surface area contributed by atoms with Crippen LogP contribution in [0.25, 0.3) is 0 Å². The summed E-state index contributed by atoms with van der Waals surface area (Å²) in [7, 11) is 0. The number of rotatable bonds is 4. The second kappa shape index (κ2) is 8.07. The van der Waals surface area contributed by atoms with Crippen molar-refractivity contribution >= 4 is 0 Å². The lowest BCUT2D eigenvalue weighted by Gasteiger charge is -2.70. The van der Waals surface area contributed by atoms with Crippen LogP contribution in [0.1, 0.15) is 113 Å². The molecule has 0 amide bonds. The van der Waals surface area contributed by atoms with Gasteiger partial charge in [-0.15, -0.1) is 0 Å². The Kier molecular flexibility index (Phi) is 6.28. The van der Waals surface area contributed by atoms with Gasteiger partial charge >= 0.3 is 0 Å². The van der Waals surface area contributed by atoms with Crippen LogP contribution >= 0.6 is 0 Å². The molecule has 3 nitrogen and oxygen atoms in total. The predicted octanol–water partition coefficient (Wildman–Crippen LogP) is 6.50. The van der Waals surface area contributed by atoms with Gasteiger partial charge in [0.15, 0.2) is 0 Å². The average molecular weight is 461 g/mol. The number of allylic oxidation sites excluding steroid dienone is 2. The highest BCUT2D eigenvalue weighted by Gasteiger charge is 2.70. The Labute approximate surface area is 203 Å². The Morgan fingerprint density at radius 3 is 2.18 bits per heavy atom. The maximum Gasteiger partial charge on any atom is 0.0594 e. The van der Waals surface area contributed by atoms with Crippen LogP contribution in [0.15, 0.2) is 11.6 Å². The molecule has 0 aromatic heterocycles. The Balaban J connectivity index is 1.64. The van der Waals surface area contributed by atoms with Gasteiger partial charge in [-0.2, -0.15) is 0 Å². The lowest BCUT2D eigenvalue weighted by atomic mass is 9.35. The van der Waals surface area contributed by atoms with Gasteiger partial charge in [-0.3, -0.25) is 0 Å². The lowest BCUT2D eigenvalue weighted by molar-refractivity contribution is -0.240. The van der Waals surface area contributed by atoms with Crippen molar-refractivity contribution in [2.75, 3.05) is 0 Å². The van der Waals surface area contributed by atoms with Gasteiger partial charge in [0, 0.05) is 0 Å². The molecule has 0 saturated heterocycles. The zero-order valence-electron chi connectivity index (χ0n) is 22.7. The maximum atomic E-state index is 11.7. The Bertz CT molecular complexity index is 778. The molecule has 0 spiro atoms. The van der Waals surface area contributed by atoms with Gasteiger partial charge in [0.05, 0.1) is 17.8 Å². The fourth-order valence-electron chi connectivity index (χ4n) is 10.1. The van der Waals surface area contributed by atoms with Crippen molar-refractivity contribution in [2.24, 2.45) is 45.3 Å². The van der Waals surface area contributed by atoms with E-state index in [1.165, 1.54) is 31.3 Å². The van der Waals surface area contributed by atoms with Crippen LogP contribution < -0.4 is 0 Å². The molecule has 4 rings (SSSR count). The molecule has 9 atom stereocenters. The minimum Gasteiger partial charge on any atom is -0.393 e. The van der Waals surface area contributed by atoms with E-state index in [4.69, 9.17) is 0 Å². The molecule has 3 N–H and O–H groups in total. The van der Waals surface area contributed by atoms with Crippen molar-refractivity contribution < 1.29 is 15.3 Å². The molecule has 0 bridgehead atoms. The van der Waals surface area contributed by atoms with Gasteiger partial charge in [-0.25, -0.2) is 0 Å². The van der Waals surface area contributed by atoms with E-state index in [0.29, 0.717) is 23.7 Å². The molecule has 190 valence electrons. The summed E-state index contributed by atoms with van der Waals surface area (Å²) < 4.78 is 0. The molecule has 33 heavy (non-hydrogen) atoms. The SMILES string of the molecule is C/C(=C/CCC(C)(C)O)[C@H]1CC[C@]2(C)[C@@H]1[C@H](O)C[C@@H]1[C@@]3(C)CC[C@H](O)C(C)(C)[C@@H]3CC[C@]12C. The first-order valence-electron chi connectivity index (χ1n) is 13.8. The van der Waals surface area contributed by atoms with Gasteiger partial charge < -0.3 is 15.3 Å². The van der Waals surface area contributed by atoms with E-state index in [1.54, 1.807) is 0 Å². The average Bonchev–Trinajstić information content (AvgIpc) is 3.06. The van der Waals surface area contributed by atoms with Crippen molar-refractivity contribution in [3.8, 4) is 0 Å². The number of fused-ring (bicyclic) bond motifs is 5. The summed E-state index contributed by atoms with van der Waals surface area (Å²) >= 11 is 0. The van der Waals surface area contributed by atoms with Gasteiger partial charge in [-0.05, 0) is 124 Å². The number of hydrogen-bond donors (Lipinski definition) is 3. The molecule has 4 aliphatic rings. The van der Waals surface area contributed by atoms with Crippen molar-refractivity contribution in [3.63, 3.8) is 0 Å². The highest BCUT2D eigenvalue weighted by molar-refractivity contribution is 5.22. The molecular weight excluding hydrogens is 408 g/mol. The van der Waals surface area contributed by atoms with Gasteiger partial charge in [0.2, 0.25) is 0 Å². The molecule has 0 radical (unpaired) electrons.